The van der Waals surface area contributed by atoms with Gasteiger partial charge >= 0.3 is 0 Å². The lowest BCUT2D eigenvalue weighted by molar-refractivity contribution is 0.316. The Morgan fingerprint density at radius 1 is 1.35 bits per heavy atom. The molecule has 1 aromatic heterocycles. The van der Waals surface area contributed by atoms with Crippen molar-refractivity contribution in [3.05, 3.63) is 12.0 Å². The molecule has 0 aliphatic rings. The average molecular weight is 366 g/mol. The molecule has 5 nitrogen and oxygen atoms in total. The first kappa shape index (κ1) is 17.7. The minimum Gasteiger partial charge on any atom is -0.334 e. The Labute approximate surface area is 130 Å². The van der Waals surface area contributed by atoms with Gasteiger partial charge in [0.1, 0.15) is 5.82 Å². The van der Waals surface area contributed by atoms with Gasteiger partial charge in [-0.05, 0) is 26.7 Å². The first-order valence-electron chi connectivity index (χ1n) is 7.03. The van der Waals surface area contributed by atoms with Crippen molar-refractivity contribution in [3.63, 3.8) is 0 Å². The normalized spacial score (nSPS) is 12.6. The van der Waals surface area contributed by atoms with Crippen molar-refractivity contribution in [3.8, 4) is 0 Å². The number of alkyl halides is 1. The number of aryl methyl sites for hydroxylation is 2. The summed E-state index contributed by atoms with van der Waals surface area (Å²) in [6.07, 6.45) is 3.24. The highest BCUT2D eigenvalue weighted by Gasteiger charge is 2.31. The lowest BCUT2D eigenvalue weighted by atomic mass is 10.2. The number of hydrogen-bond acceptors (Lipinski definition) is 3. The molecule has 0 unspecified atom stereocenters. The van der Waals surface area contributed by atoms with Crippen LogP contribution in [0, 0.1) is 6.92 Å². The van der Waals surface area contributed by atoms with Gasteiger partial charge in [-0.1, -0.05) is 29.8 Å². The van der Waals surface area contributed by atoms with Crippen LogP contribution in [-0.2, 0) is 16.6 Å². The van der Waals surface area contributed by atoms with Crippen LogP contribution in [0.5, 0.6) is 0 Å². The Hall–Kier alpha value is -0.400. The van der Waals surface area contributed by atoms with Crippen LogP contribution in [0.1, 0.15) is 39.4 Å². The molecule has 0 atom stereocenters. The molecule has 0 aromatic carbocycles. The molecule has 1 aromatic rings. The molecule has 1 rings (SSSR count). The van der Waals surface area contributed by atoms with E-state index in [1.54, 1.807) is 10.5 Å². The Bertz CT molecular complexity index is 524. The van der Waals surface area contributed by atoms with Gasteiger partial charge in [0, 0.05) is 30.7 Å². The molecule has 116 valence electrons. The van der Waals surface area contributed by atoms with Gasteiger partial charge in [-0.25, -0.2) is 13.4 Å². The molecule has 7 heteroatoms. The number of aromatic nitrogens is 2. The van der Waals surface area contributed by atoms with E-state index in [0.717, 1.165) is 25.2 Å². The lowest BCUT2D eigenvalue weighted by Gasteiger charge is -2.28. The van der Waals surface area contributed by atoms with Gasteiger partial charge in [-0.15, -0.1) is 0 Å². The van der Waals surface area contributed by atoms with E-state index in [1.165, 1.54) is 0 Å². The predicted molar refractivity (Wildman–Crippen MR) is 84.7 cm³/mol. The van der Waals surface area contributed by atoms with Crippen molar-refractivity contribution < 1.29 is 8.42 Å². The summed E-state index contributed by atoms with van der Waals surface area (Å²) in [7, 11) is -3.53. The molecule has 0 saturated heterocycles. The van der Waals surface area contributed by atoms with E-state index in [9.17, 15) is 8.42 Å². The molecule has 1 heterocycles. The highest BCUT2D eigenvalue weighted by molar-refractivity contribution is 9.09. The van der Waals surface area contributed by atoms with Crippen molar-refractivity contribution in [1.29, 1.82) is 0 Å². The van der Waals surface area contributed by atoms with Crippen molar-refractivity contribution >= 4 is 26.0 Å². The number of halogens is 1. The van der Waals surface area contributed by atoms with Crippen LogP contribution < -0.4 is 0 Å². The smallest absolute Gasteiger partial charge is 0.262 e. The summed E-state index contributed by atoms with van der Waals surface area (Å²) in [6.45, 7) is 9.02. The molecule has 20 heavy (non-hydrogen) atoms. The Kier molecular flexibility index (Phi) is 6.68. The fourth-order valence-electron chi connectivity index (χ4n) is 2.32. The number of rotatable bonds is 8. The van der Waals surface area contributed by atoms with Crippen molar-refractivity contribution in [2.24, 2.45) is 0 Å². The molecule has 0 fully saturated rings. The van der Waals surface area contributed by atoms with Gasteiger partial charge in [0.05, 0.1) is 0 Å². The van der Waals surface area contributed by atoms with Crippen LogP contribution in [0.15, 0.2) is 11.2 Å². The molecule has 0 saturated carbocycles. The maximum absolute atomic E-state index is 12.8. The second-order valence-electron chi connectivity index (χ2n) is 4.69. The number of imidazole rings is 1. The molecular formula is C13H24BrN3O2S. The SMILES string of the molecule is CCC(CC)N(CCBr)S(=O)(=O)c1cn(CC)c(C)n1. The van der Waals surface area contributed by atoms with Gasteiger partial charge in [-0.3, -0.25) is 0 Å². The quantitative estimate of drug-likeness (QED) is 0.665. The molecular weight excluding hydrogens is 342 g/mol. The molecule has 0 aliphatic carbocycles. The molecule has 0 aliphatic heterocycles. The van der Waals surface area contributed by atoms with Crippen molar-refractivity contribution in [1.82, 2.24) is 13.9 Å². The monoisotopic (exact) mass is 365 g/mol. The Morgan fingerprint density at radius 3 is 2.35 bits per heavy atom. The third kappa shape index (κ3) is 3.62. The summed E-state index contributed by atoms with van der Waals surface area (Å²) < 4.78 is 29.0. The van der Waals surface area contributed by atoms with Crippen LogP contribution >= 0.6 is 15.9 Å². The fourth-order valence-corrected chi connectivity index (χ4v) is 4.71. The van der Waals surface area contributed by atoms with E-state index in [4.69, 9.17) is 0 Å². The van der Waals surface area contributed by atoms with Crippen molar-refractivity contribution in [2.45, 2.75) is 58.1 Å². The van der Waals surface area contributed by atoms with E-state index >= 15 is 0 Å². The Morgan fingerprint density at radius 2 is 1.95 bits per heavy atom. The standard InChI is InChI=1S/C13H24BrN3O2S/c1-5-12(6-2)17(9-8-14)20(18,19)13-10-16(7-3)11(4)15-13/h10,12H,5-9H2,1-4H3. The lowest BCUT2D eigenvalue weighted by Crippen LogP contribution is -2.41. The Balaban J connectivity index is 3.21. The first-order valence-corrected chi connectivity index (χ1v) is 9.59. The minimum atomic E-state index is -3.53. The van der Waals surface area contributed by atoms with Gasteiger partial charge in [0.25, 0.3) is 10.0 Å². The largest absolute Gasteiger partial charge is 0.334 e. The van der Waals surface area contributed by atoms with Crippen LogP contribution in [-0.4, -0.2) is 40.2 Å². The van der Waals surface area contributed by atoms with E-state index in [-0.39, 0.29) is 11.1 Å². The summed E-state index contributed by atoms with van der Waals surface area (Å²) >= 11 is 3.34. The zero-order valence-corrected chi connectivity index (χ0v) is 15.0. The third-order valence-electron chi connectivity index (χ3n) is 3.52. The first-order chi connectivity index (χ1) is 9.42. The van der Waals surface area contributed by atoms with Gasteiger partial charge in [-0.2, -0.15) is 4.31 Å². The van der Waals surface area contributed by atoms with E-state index < -0.39 is 10.0 Å². The summed E-state index contributed by atoms with van der Waals surface area (Å²) in [4.78, 5) is 4.23. The minimum absolute atomic E-state index is 0.0182. The third-order valence-corrected chi connectivity index (χ3v) is 5.70. The van der Waals surface area contributed by atoms with Gasteiger partial charge in [0.2, 0.25) is 0 Å². The maximum Gasteiger partial charge on any atom is 0.262 e. The second-order valence-corrected chi connectivity index (χ2v) is 7.32. The molecule has 0 bridgehead atoms. The van der Waals surface area contributed by atoms with E-state index in [0.29, 0.717) is 11.9 Å². The topological polar surface area (TPSA) is 55.2 Å². The molecule has 0 radical (unpaired) electrons. The highest BCUT2D eigenvalue weighted by Crippen LogP contribution is 2.21. The van der Waals surface area contributed by atoms with E-state index in [1.807, 2.05) is 32.3 Å². The van der Waals surface area contributed by atoms with Gasteiger partial charge in [0.15, 0.2) is 5.03 Å². The maximum atomic E-state index is 12.8. The number of sulfonamides is 1. The predicted octanol–water partition coefficient (Wildman–Crippen LogP) is 2.79. The van der Waals surface area contributed by atoms with Crippen LogP contribution in [0.4, 0.5) is 0 Å². The number of hydrogen-bond donors (Lipinski definition) is 0. The summed E-state index contributed by atoms with van der Waals surface area (Å²) in [5.41, 5.74) is 0. The molecule has 0 N–H and O–H groups in total. The van der Waals surface area contributed by atoms with E-state index in [2.05, 4.69) is 20.9 Å². The number of nitrogens with zero attached hydrogens (tertiary/aromatic N) is 3. The van der Waals surface area contributed by atoms with Crippen molar-refractivity contribution in [2.75, 3.05) is 11.9 Å². The highest BCUT2D eigenvalue weighted by atomic mass is 79.9. The fraction of sp³-hybridized carbons (Fsp3) is 0.769. The summed E-state index contributed by atoms with van der Waals surface area (Å²) in [5, 5.41) is 0.778. The molecule has 0 spiro atoms. The van der Waals surface area contributed by atoms with Crippen LogP contribution in [0.3, 0.4) is 0 Å². The van der Waals surface area contributed by atoms with Gasteiger partial charge < -0.3 is 4.57 Å². The summed E-state index contributed by atoms with van der Waals surface area (Å²) in [5.74, 6) is 0.731. The average Bonchev–Trinajstić information content (AvgIpc) is 2.81. The van der Waals surface area contributed by atoms with Crippen LogP contribution in [0.2, 0.25) is 0 Å². The zero-order chi connectivity index (χ0) is 15.3. The van der Waals surface area contributed by atoms with Crippen LogP contribution in [0.25, 0.3) is 0 Å². The zero-order valence-electron chi connectivity index (χ0n) is 12.6. The molecule has 0 amide bonds. The second kappa shape index (κ2) is 7.56. The summed E-state index contributed by atoms with van der Waals surface area (Å²) in [6, 6.07) is 0.0182.